The number of hydrogen-bond acceptors (Lipinski definition) is 3. The smallest absolute Gasteiger partial charge is 0.244 e. The van der Waals surface area contributed by atoms with Crippen molar-refractivity contribution in [1.29, 1.82) is 0 Å². The molecule has 3 rings (SSSR count). The molecule has 2 aromatic rings. The maximum atomic E-state index is 13.6. The van der Waals surface area contributed by atoms with E-state index >= 15 is 0 Å². The third-order valence-electron chi connectivity index (χ3n) is 4.65. The molecule has 2 aromatic carbocycles. The van der Waals surface area contributed by atoms with E-state index in [-0.39, 0.29) is 23.9 Å². The summed E-state index contributed by atoms with van der Waals surface area (Å²) in [6, 6.07) is 14.4. The van der Waals surface area contributed by atoms with Gasteiger partial charge in [-0.05, 0) is 43.7 Å². The van der Waals surface area contributed by atoms with Crippen LogP contribution in [-0.4, -0.2) is 31.7 Å². The Labute approximate surface area is 159 Å². The zero-order valence-electron chi connectivity index (χ0n) is 15.7. The number of nitrogens with one attached hydrogen (secondary N) is 1. The van der Waals surface area contributed by atoms with Crippen LogP contribution < -0.4 is 10.2 Å². The molecule has 142 valence electrons. The maximum Gasteiger partial charge on any atom is 0.244 e. The minimum atomic E-state index is -0.345. The Morgan fingerprint density at radius 3 is 2.89 bits per heavy atom. The summed E-state index contributed by atoms with van der Waals surface area (Å²) in [7, 11) is 0. The number of ether oxygens (including phenoxy) is 1. The fraction of sp³-hybridized carbons (Fsp3) is 0.318. The van der Waals surface area contributed by atoms with Crippen LogP contribution in [0.15, 0.2) is 54.6 Å². The van der Waals surface area contributed by atoms with Gasteiger partial charge in [-0.2, -0.15) is 0 Å². The van der Waals surface area contributed by atoms with E-state index in [2.05, 4.69) is 29.3 Å². The van der Waals surface area contributed by atoms with Gasteiger partial charge in [0.1, 0.15) is 5.82 Å². The number of rotatable bonds is 5. The molecule has 0 aliphatic carbocycles. The van der Waals surface area contributed by atoms with Gasteiger partial charge >= 0.3 is 0 Å². The van der Waals surface area contributed by atoms with Crippen molar-refractivity contribution in [2.45, 2.75) is 26.0 Å². The number of carbonyl (C=O) groups is 1. The lowest BCUT2D eigenvalue weighted by atomic mass is 10.1. The topological polar surface area (TPSA) is 41.6 Å². The monoisotopic (exact) mass is 368 g/mol. The van der Waals surface area contributed by atoms with Crippen molar-refractivity contribution in [1.82, 2.24) is 5.32 Å². The first kappa shape index (κ1) is 19.1. The van der Waals surface area contributed by atoms with Gasteiger partial charge in [0.2, 0.25) is 5.91 Å². The number of halogens is 1. The van der Waals surface area contributed by atoms with Gasteiger partial charge in [-0.3, -0.25) is 4.79 Å². The van der Waals surface area contributed by atoms with Crippen molar-refractivity contribution in [3.05, 3.63) is 71.6 Å². The first-order valence-electron chi connectivity index (χ1n) is 9.22. The van der Waals surface area contributed by atoms with Crippen LogP contribution in [0.2, 0.25) is 0 Å². The van der Waals surface area contributed by atoms with E-state index < -0.39 is 0 Å². The molecule has 27 heavy (non-hydrogen) atoms. The molecule has 0 spiro atoms. The molecule has 4 nitrogen and oxygen atoms in total. The molecule has 1 amide bonds. The van der Waals surface area contributed by atoms with Gasteiger partial charge in [-0.1, -0.05) is 30.3 Å². The van der Waals surface area contributed by atoms with E-state index in [1.165, 1.54) is 18.2 Å². The van der Waals surface area contributed by atoms with E-state index in [0.29, 0.717) is 5.56 Å². The van der Waals surface area contributed by atoms with Crippen LogP contribution in [0.1, 0.15) is 31.0 Å². The molecule has 1 fully saturated rings. The van der Waals surface area contributed by atoms with Gasteiger partial charge in [0.15, 0.2) is 0 Å². The SMILES string of the molecule is CC1CN(c2cccc([C@@H](C)NC(=O)/C=C/c3ccccc3F)c2)CCO1. The second-order valence-corrected chi connectivity index (χ2v) is 6.81. The third-order valence-corrected chi connectivity index (χ3v) is 4.65. The van der Waals surface area contributed by atoms with Crippen LogP contribution in [0.5, 0.6) is 0 Å². The number of carbonyl (C=O) groups excluding carboxylic acids is 1. The predicted molar refractivity (Wildman–Crippen MR) is 106 cm³/mol. The van der Waals surface area contributed by atoms with E-state index in [0.717, 1.165) is 30.9 Å². The average Bonchev–Trinajstić information content (AvgIpc) is 2.67. The summed E-state index contributed by atoms with van der Waals surface area (Å²) in [6.07, 6.45) is 3.06. The van der Waals surface area contributed by atoms with Gasteiger partial charge in [0, 0.05) is 30.4 Å². The Morgan fingerprint density at radius 1 is 1.30 bits per heavy atom. The van der Waals surface area contributed by atoms with Crippen molar-refractivity contribution < 1.29 is 13.9 Å². The summed E-state index contributed by atoms with van der Waals surface area (Å²) < 4.78 is 19.2. The summed E-state index contributed by atoms with van der Waals surface area (Å²) in [5.74, 6) is -0.599. The summed E-state index contributed by atoms with van der Waals surface area (Å²) in [5, 5.41) is 2.93. The van der Waals surface area contributed by atoms with Gasteiger partial charge in [-0.25, -0.2) is 4.39 Å². The molecular weight excluding hydrogens is 343 g/mol. The summed E-state index contributed by atoms with van der Waals surface area (Å²) in [5.41, 5.74) is 2.55. The van der Waals surface area contributed by atoms with E-state index in [1.54, 1.807) is 18.2 Å². The van der Waals surface area contributed by atoms with Crippen LogP contribution in [-0.2, 0) is 9.53 Å². The molecule has 0 bridgehead atoms. The number of nitrogens with zero attached hydrogens (tertiary/aromatic N) is 1. The number of anilines is 1. The van der Waals surface area contributed by atoms with E-state index in [4.69, 9.17) is 4.74 Å². The van der Waals surface area contributed by atoms with Crippen molar-refractivity contribution in [3.8, 4) is 0 Å². The third kappa shape index (κ3) is 5.17. The van der Waals surface area contributed by atoms with Crippen molar-refractivity contribution >= 4 is 17.7 Å². The molecule has 1 N–H and O–H groups in total. The Kier molecular flexibility index (Phi) is 6.24. The fourth-order valence-corrected chi connectivity index (χ4v) is 3.16. The van der Waals surface area contributed by atoms with Gasteiger partial charge in [0.05, 0.1) is 18.8 Å². The average molecular weight is 368 g/mol. The minimum Gasteiger partial charge on any atom is -0.375 e. The molecule has 2 atom stereocenters. The van der Waals surface area contributed by atoms with Crippen molar-refractivity contribution in [2.75, 3.05) is 24.6 Å². The lowest BCUT2D eigenvalue weighted by Crippen LogP contribution is -2.41. The number of hydrogen-bond donors (Lipinski definition) is 1. The Balaban J connectivity index is 1.63. The quantitative estimate of drug-likeness (QED) is 0.813. The summed E-state index contributed by atoms with van der Waals surface area (Å²) in [6.45, 7) is 6.45. The second-order valence-electron chi connectivity index (χ2n) is 6.81. The second kappa shape index (κ2) is 8.82. The van der Waals surface area contributed by atoms with Crippen LogP contribution in [0.4, 0.5) is 10.1 Å². The molecule has 0 radical (unpaired) electrons. The maximum absolute atomic E-state index is 13.6. The standard InChI is InChI=1S/C22H25FN2O2/c1-16-15-25(12-13-27-16)20-8-5-7-19(14-20)17(2)24-22(26)11-10-18-6-3-4-9-21(18)23/h3-11,14,16-17H,12-13,15H2,1-2H3,(H,24,26)/b11-10+/t16?,17-/m1/s1. The summed E-state index contributed by atoms with van der Waals surface area (Å²) >= 11 is 0. The molecule has 1 heterocycles. The normalized spacial score (nSPS) is 18.5. The molecule has 5 heteroatoms. The Morgan fingerprint density at radius 2 is 2.11 bits per heavy atom. The minimum absolute atomic E-state index is 0.152. The predicted octanol–water partition coefficient (Wildman–Crippen LogP) is 3.94. The zero-order chi connectivity index (χ0) is 19.2. The number of amides is 1. The largest absolute Gasteiger partial charge is 0.375 e. The van der Waals surface area contributed by atoms with Crippen molar-refractivity contribution in [3.63, 3.8) is 0 Å². The van der Waals surface area contributed by atoms with Crippen LogP contribution in [0, 0.1) is 5.82 Å². The molecule has 0 saturated carbocycles. The van der Waals surface area contributed by atoms with Gasteiger partial charge < -0.3 is 15.0 Å². The molecule has 1 saturated heterocycles. The lowest BCUT2D eigenvalue weighted by Gasteiger charge is -2.33. The van der Waals surface area contributed by atoms with E-state index in [9.17, 15) is 9.18 Å². The molecular formula is C22H25FN2O2. The zero-order valence-corrected chi connectivity index (χ0v) is 15.7. The number of morpholine rings is 1. The van der Waals surface area contributed by atoms with Crippen LogP contribution in [0.3, 0.4) is 0 Å². The molecule has 1 unspecified atom stereocenters. The highest BCUT2D eigenvalue weighted by atomic mass is 19.1. The van der Waals surface area contributed by atoms with Gasteiger partial charge in [0.25, 0.3) is 0 Å². The molecule has 0 aromatic heterocycles. The Hall–Kier alpha value is -2.66. The van der Waals surface area contributed by atoms with Gasteiger partial charge in [-0.15, -0.1) is 0 Å². The summed E-state index contributed by atoms with van der Waals surface area (Å²) in [4.78, 5) is 14.5. The van der Waals surface area contributed by atoms with Crippen LogP contribution in [0.25, 0.3) is 6.08 Å². The first-order chi connectivity index (χ1) is 13.0. The molecule has 1 aliphatic heterocycles. The fourth-order valence-electron chi connectivity index (χ4n) is 3.16. The lowest BCUT2D eigenvalue weighted by molar-refractivity contribution is -0.117. The number of benzene rings is 2. The highest BCUT2D eigenvalue weighted by Crippen LogP contribution is 2.22. The van der Waals surface area contributed by atoms with E-state index in [1.807, 2.05) is 19.1 Å². The van der Waals surface area contributed by atoms with Crippen molar-refractivity contribution in [2.24, 2.45) is 0 Å². The molecule has 1 aliphatic rings. The highest BCUT2D eigenvalue weighted by molar-refractivity contribution is 5.92. The van der Waals surface area contributed by atoms with Crippen LogP contribution >= 0.6 is 0 Å². The highest BCUT2D eigenvalue weighted by Gasteiger charge is 2.18. The Bertz CT molecular complexity index is 821. The first-order valence-corrected chi connectivity index (χ1v) is 9.22.